The second-order valence-corrected chi connectivity index (χ2v) is 7.37. The van der Waals surface area contributed by atoms with Crippen molar-refractivity contribution in [2.45, 2.75) is 25.6 Å². The predicted molar refractivity (Wildman–Crippen MR) is 98.5 cm³/mol. The highest BCUT2D eigenvalue weighted by molar-refractivity contribution is 6.01. The lowest BCUT2D eigenvalue weighted by molar-refractivity contribution is -0.143. The fraction of sp³-hybridized carbons (Fsp3) is 0.600. The van der Waals surface area contributed by atoms with E-state index >= 15 is 0 Å². The number of methoxy groups -OCH3 is 1. The van der Waals surface area contributed by atoms with Crippen LogP contribution in [0, 0.1) is 11.8 Å². The largest absolute Gasteiger partial charge is 0.495 e. The van der Waals surface area contributed by atoms with Gasteiger partial charge in [0.05, 0.1) is 31.9 Å². The number of hydrogen-bond acceptors (Lipinski definition) is 5. The van der Waals surface area contributed by atoms with Gasteiger partial charge in [0.1, 0.15) is 5.75 Å². The SMILES string of the molecule is COc1ccccc1N1CC(C(=O)N2CCCC(C3OCCO3)C2)CC1=O. The summed E-state index contributed by atoms with van der Waals surface area (Å²) < 4.78 is 16.6. The van der Waals surface area contributed by atoms with Gasteiger partial charge in [-0.05, 0) is 25.0 Å². The molecule has 1 aromatic rings. The maximum absolute atomic E-state index is 13.1. The van der Waals surface area contributed by atoms with Crippen LogP contribution in [0.5, 0.6) is 5.75 Å². The molecule has 3 saturated heterocycles. The van der Waals surface area contributed by atoms with Crippen LogP contribution in [0.15, 0.2) is 24.3 Å². The fourth-order valence-corrected chi connectivity index (χ4v) is 4.30. The molecule has 3 heterocycles. The highest BCUT2D eigenvalue weighted by Crippen LogP contribution is 2.34. The number of rotatable bonds is 4. The summed E-state index contributed by atoms with van der Waals surface area (Å²) in [7, 11) is 1.59. The molecular formula is C20H26N2O5. The van der Waals surface area contributed by atoms with E-state index < -0.39 is 0 Å². The van der Waals surface area contributed by atoms with E-state index in [1.807, 2.05) is 29.2 Å². The minimum absolute atomic E-state index is 0.0335. The lowest BCUT2D eigenvalue weighted by atomic mass is 9.95. The van der Waals surface area contributed by atoms with E-state index in [9.17, 15) is 9.59 Å². The standard InChI is InChI=1S/C20H26N2O5/c1-25-17-7-3-2-6-16(17)22-13-15(11-18(22)23)19(24)21-8-4-5-14(12-21)20-26-9-10-27-20/h2-3,6-7,14-15,20H,4-5,8-13H2,1H3. The molecule has 0 spiro atoms. The van der Waals surface area contributed by atoms with Crippen LogP contribution in [-0.4, -0.2) is 63.0 Å². The highest BCUT2D eigenvalue weighted by atomic mass is 16.7. The average molecular weight is 374 g/mol. The zero-order valence-corrected chi connectivity index (χ0v) is 15.6. The van der Waals surface area contributed by atoms with Crippen molar-refractivity contribution in [3.63, 3.8) is 0 Å². The molecule has 0 radical (unpaired) electrons. The van der Waals surface area contributed by atoms with Crippen LogP contribution >= 0.6 is 0 Å². The van der Waals surface area contributed by atoms with E-state index in [0.29, 0.717) is 32.1 Å². The van der Waals surface area contributed by atoms with Gasteiger partial charge >= 0.3 is 0 Å². The normalized spacial score (nSPS) is 26.6. The van der Waals surface area contributed by atoms with Gasteiger partial charge in [0, 0.05) is 32.0 Å². The van der Waals surface area contributed by atoms with Gasteiger partial charge in [0.15, 0.2) is 6.29 Å². The van der Waals surface area contributed by atoms with Crippen molar-refractivity contribution in [3.8, 4) is 5.75 Å². The molecule has 2 atom stereocenters. The third-order valence-electron chi connectivity index (χ3n) is 5.65. The Kier molecular flexibility index (Phi) is 5.31. The first-order valence-corrected chi connectivity index (χ1v) is 9.62. The van der Waals surface area contributed by atoms with Crippen molar-refractivity contribution in [1.29, 1.82) is 0 Å². The van der Waals surface area contributed by atoms with E-state index in [2.05, 4.69) is 0 Å². The molecule has 146 valence electrons. The highest BCUT2D eigenvalue weighted by Gasteiger charge is 2.40. The molecule has 1 aromatic carbocycles. The van der Waals surface area contributed by atoms with Crippen molar-refractivity contribution >= 4 is 17.5 Å². The molecule has 0 bridgehead atoms. The van der Waals surface area contributed by atoms with E-state index in [1.54, 1.807) is 12.0 Å². The lowest BCUT2D eigenvalue weighted by Crippen LogP contribution is -2.46. The summed E-state index contributed by atoms with van der Waals surface area (Å²) in [5.41, 5.74) is 0.726. The summed E-state index contributed by atoms with van der Waals surface area (Å²) in [6.07, 6.45) is 1.99. The Morgan fingerprint density at radius 1 is 1.19 bits per heavy atom. The van der Waals surface area contributed by atoms with Crippen LogP contribution in [0.25, 0.3) is 0 Å². The van der Waals surface area contributed by atoms with Gasteiger partial charge < -0.3 is 24.0 Å². The smallest absolute Gasteiger partial charge is 0.228 e. The molecule has 3 aliphatic heterocycles. The van der Waals surface area contributed by atoms with Crippen molar-refractivity contribution < 1.29 is 23.8 Å². The first-order chi connectivity index (χ1) is 13.2. The van der Waals surface area contributed by atoms with E-state index in [-0.39, 0.29) is 36.4 Å². The number of para-hydroxylation sites is 2. The quantitative estimate of drug-likeness (QED) is 0.802. The molecule has 0 aliphatic carbocycles. The first-order valence-electron chi connectivity index (χ1n) is 9.62. The average Bonchev–Trinajstić information content (AvgIpc) is 3.37. The summed E-state index contributed by atoms with van der Waals surface area (Å²) in [6, 6.07) is 7.42. The molecule has 27 heavy (non-hydrogen) atoms. The van der Waals surface area contributed by atoms with Gasteiger partial charge in [-0.1, -0.05) is 12.1 Å². The van der Waals surface area contributed by atoms with E-state index in [1.165, 1.54) is 0 Å². The van der Waals surface area contributed by atoms with Gasteiger partial charge in [0.2, 0.25) is 11.8 Å². The number of benzene rings is 1. The zero-order chi connectivity index (χ0) is 18.8. The van der Waals surface area contributed by atoms with Crippen molar-refractivity contribution in [1.82, 2.24) is 4.90 Å². The Hall–Kier alpha value is -2.12. The van der Waals surface area contributed by atoms with Gasteiger partial charge in [-0.3, -0.25) is 9.59 Å². The lowest BCUT2D eigenvalue weighted by Gasteiger charge is -2.36. The van der Waals surface area contributed by atoms with Gasteiger partial charge in [-0.25, -0.2) is 0 Å². The molecule has 0 aromatic heterocycles. The first kappa shape index (κ1) is 18.3. The molecule has 3 aliphatic rings. The molecule has 2 amide bonds. The summed E-state index contributed by atoms with van der Waals surface area (Å²) in [5, 5.41) is 0. The second-order valence-electron chi connectivity index (χ2n) is 7.37. The Balaban J connectivity index is 1.43. The maximum atomic E-state index is 13.1. The summed E-state index contributed by atoms with van der Waals surface area (Å²) in [6.45, 7) is 3.03. The molecule has 0 N–H and O–H groups in total. The van der Waals surface area contributed by atoms with Crippen molar-refractivity contribution in [3.05, 3.63) is 24.3 Å². The van der Waals surface area contributed by atoms with Gasteiger partial charge in [-0.15, -0.1) is 0 Å². The van der Waals surface area contributed by atoms with Crippen LogP contribution < -0.4 is 9.64 Å². The second kappa shape index (κ2) is 7.86. The third kappa shape index (κ3) is 3.66. The monoisotopic (exact) mass is 374 g/mol. The van der Waals surface area contributed by atoms with Crippen LogP contribution in [0.2, 0.25) is 0 Å². The van der Waals surface area contributed by atoms with Crippen LogP contribution in [0.3, 0.4) is 0 Å². The summed E-state index contributed by atoms with van der Waals surface area (Å²) in [5.74, 6) is 0.573. The van der Waals surface area contributed by atoms with Gasteiger partial charge in [0.25, 0.3) is 0 Å². The van der Waals surface area contributed by atoms with Crippen molar-refractivity contribution in [2.24, 2.45) is 11.8 Å². The molecule has 7 heteroatoms. The Bertz CT molecular complexity index is 703. The van der Waals surface area contributed by atoms with Crippen molar-refractivity contribution in [2.75, 3.05) is 44.9 Å². The van der Waals surface area contributed by atoms with Gasteiger partial charge in [-0.2, -0.15) is 0 Å². The maximum Gasteiger partial charge on any atom is 0.228 e. The Morgan fingerprint density at radius 2 is 1.96 bits per heavy atom. The minimum atomic E-state index is -0.313. The number of carbonyl (C=O) groups is 2. The van der Waals surface area contributed by atoms with Crippen LogP contribution in [0.1, 0.15) is 19.3 Å². The molecule has 0 saturated carbocycles. The third-order valence-corrected chi connectivity index (χ3v) is 5.65. The topological polar surface area (TPSA) is 68.3 Å². The zero-order valence-electron chi connectivity index (χ0n) is 15.6. The molecule has 2 unspecified atom stereocenters. The molecule has 7 nitrogen and oxygen atoms in total. The van der Waals surface area contributed by atoms with E-state index in [0.717, 1.165) is 25.1 Å². The summed E-state index contributed by atoms with van der Waals surface area (Å²) >= 11 is 0. The molecule has 3 fully saturated rings. The number of likely N-dealkylation sites (tertiary alicyclic amines) is 1. The predicted octanol–water partition coefficient (Wildman–Crippen LogP) is 1.66. The number of anilines is 1. The Labute approximate surface area is 159 Å². The number of amides is 2. The number of carbonyl (C=O) groups excluding carboxylic acids is 2. The Morgan fingerprint density at radius 3 is 2.74 bits per heavy atom. The molecular weight excluding hydrogens is 348 g/mol. The number of hydrogen-bond donors (Lipinski definition) is 0. The van der Waals surface area contributed by atoms with E-state index in [4.69, 9.17) is 14.2 Å². The van der Waals surface area contributed by atoms with Crippen LogP contribution in [0.4, 0.5) is 5.69 Å². The molecule has 4 rings (SSSR count). The fourth-order valence-electron chi connectivity index (χ4n) is 4.30. The summed E-state index contributed by atoms with van der Waals surface area (Å²) in [4.78, 5) is 29.2. The number of piperidine rings is 1. The number of ether oxygens (including phenoxy) is 3. The number of nitrogens with zero attached hydrogens (tertiary/aromatic N) is 2. The van der Waals surface area contributed by atoms with Crippen LogP contribution in [-0.2, 0) is 19.1 Å². The minimum Gasteiger partial charge on any atom is -0.495 e.